The molecule has 2 unspecified atom stereocenters. The Kier molecular flexibility index (Phi) is 9.43. The van der Waals surface area contributed by atoms with Crippen molar-refractivity contribution in [1.82, 2.24) is 9.99 Å². The predicted molar refractivity (Wildman–Crippen MR) is 135 cm³/mol. The minimum atomic E-state index is -4.07. The van der Waals surface area contributed by atoms with Crippen LogP contribution in [0.1, 0.15) is 44.2 Å². The van der Waals surface area contributed by atoms with Gasteiger partial charge in [-0.2, -0.15) is 0 Å². The number of aryl methyl sites for hydroxylation is 1. The average Bonchev–Trinajstić information content (AvgIpc) is 3.34. The van der Waals surface area contributed by atoms with E-state index in [1.807, 2.05) is 60.7 Å². The Morgan fingerprint density at radius 2 is 1.69 bits per heavy atom. The summed E-state index contributed by atoms with van der Waals surface area (Å²) in [5.74, 6) is -3.10. The number of ether oxygens (including phenoxy) is 1. The molecule has 2 aromatic rings. The summed E-state index contributed by atoms with van der Waals surface area (Å²) >= 11 is 0. The van der Waals surface area contributed by atoms with Crippen LogP contribution in [0.25, 0.3) is 0 Å². The first kappa shape index (κ1) is 27.6. The smallest absolute Gasteiger partial charge is 0.408 e. The van der Waals surface area contributed by atoms with Gasteiger partial charge in [-0.05, 0) is 50.7 Å². The monoisotopic (exact) mass is 516 g/mol. The number of benzene rings is 2. The third-order valence-electron chi connectivity index (χ3n) is 6.38. The van der Waals surface area contributed by atoms with Crippen LogP contribution >= 0.6 is 7.52 Å². The van der Waals surface area contributed by atoms with Gasteiger partial charge in [0, 0.05) is 6.54 Å². The van der Waals surface area contributed by atoms with E-state index in [9.17, 15) is 24.1 Å². The van der Waals surface area contributed by atoms with Gasteiger partial charge in [-0.15, -0.1) is 0 Å². The van der Waals surface area contributed by atoms with Gasteiger partial charge in [-0.25, -0.2) is 14.3 Å². The molecule has 0 saturated carbocycles. The maximum absolute atomic E-state index is 14.6. The fourth-order valence-electron chi connectivity index (χ4n) is 4.59. The van der Waals surface area contributed by atoms with E-state index in [2.05, 4.69) is 5.32 Å². The van der Waals surface area contributed by atoms with Gasteiger partial charge in [-0.1, -0.05) is 60.7 Å². The molecule has 2 N–H and O–H groups in total. The average molecular weight is 517 g/mol. The number of carboxylic acids is 1. The molecule has 1 amide bonds. The van der Waals surface area contributed by atoms with Gasteiger partial charge in [0.15, 0.2) is 11.3 Å². The highest BCUT2D eigenvalue weighted by Gasteiger charge is 2.60. The second kappa shape index (κ2) is 12.3. The largest absolute Gasteiger partial charge is 0.480 e. The van der Waals surface area contributed by atoms with E-state index in [0.717, 1.165) is 11.1 Å². The number of amides is 1. The lowest BCUT2D eigenvalue weighted by Crippen LogP contribution is -2.56. The Morgan fingerprint density at radius 3 is 2.25 bits per heavy atom. The van der Waals surface area contributed by atoms with E-state index in [4.69, 9.17) is 9.26 Å². The van der Waals surface area contributed by atoms with Crippen molar-refractivity contribution in [1.29, 1.82) is 0 Å². The summed E-state index contributed by atoms with van der Waals surface area (Å²) in [6.07, 6.45) is 0.187. The predicted octanol–water partition coefficient (Wildman–Crippen LogP) is 4.61. The molecule has 194 valence electrons. The topological polar surface area (TPSA) is 122 Å². The molecule has 3 atom stereocenters. The Labute approximate surface area is 211 Å². The number of carbonyl (C=O) groups excluding carboxylic acids is 2. The van der Waals surface area contributed by atoms with Crippen molar-refractivity contribution in [3.05, 3.63) is 71.8 Å². The van der Waals surface area contributed by atoms with Gasteiger partial charge in [-0.3, -0.25) is 9.36 Å². The molecule has 1 fully saturated rings. The zero-order chi connectivity index (χ0) is 26.2. The van der Waals surface area contributed by atoms with E-state index in [0.29, 0.717) is 12.8 Å². The van der Waals surface area contributed by atoms with Crippen molar-refractivity contribution in [3.8, 4) is 0 Å². The van der Waals surface area contributed by atoms with Crippen LogP contribution in [-0.2, 0) is 36.4 Å². The minimum absolute atomic E-state index is 0.00393. The Morgan fingerprint density at radius 1 is 1.08 bits per heavy atom. The summed E-state index contributed by atoms with van der Waals surface area (Å²) < 4.78 is 26.9. The zero-order valence-corrected chi connectivity index (χ0v) is 21.5. The Hall–Kier alpha value is -3.00. The number of hydrogen-bond acceptors (Lipinski definition) is 6. The van der Waals surface area contributed by atoms with Gasteiger partial charge in [0.25, 0.3) is 7.52 Å². The summed E-state index contributed by atoms with van der Waals surface area (Å²) in [6.45, 7) is 2.92. The second-order valence-electron chi connectivity index (χ2n) is 8.68. The fourth-order valence-corrected chi connectivity index (χ4v) is 7.56. The molecule has 9 nitrogen and oxygen atoms in total. The molecule has 0 radical (unpaired) electrons. The summed E-state index contributed by atoms with van der Waals surface area (Å²) in [4.78, 5) is 37.8. The van der Waals surface area contributed by atoms with E-state index in [-0.39, 0.29) is 32.6 Å². The number of rotatable bonds is 12. The minimum Gasteiger partial charge on any atom is -0.480 e. The van der Waals surface area contributed by atoms with Crippen LogP contribution in [0.3, 0.4) is 0 Å². The Balaban J connectivity index is 1.92. The number of aliphatic carboxylic acids is 1. The van der Waals surface area contributed by atoms with E-state index in [1.165, 1.54) is 11.6 Å². The maximum atomic E-state index is 14.6. The molecule has 36 heavy (non-hydrogen) atoms. The van der Waals surface area contributed by atoms with Crippen LogP contribution in [-0.4, -0.2) is 52.1 Å². The third-order valence-corrected chi connectivity index (χ3v) is 9.39. The third kappa shape index (κ3) is 6.03. The van der Waals surface area contributed by atoms with Crippen LogP contribution in [0.15, 0.2) is 60.7 Å². The lowest BCUT2D eigenvalue weighted by atomic mass is 9.93. The highest BCUT2D eigenvalue weighted by atomic mass is 31.2. The maximum Gasteiger partial charge on any atom is 0.408 e. The number of nitrogens with one attached hydrogen (secondary N) is 1. The number of hydrogen-bond donors (Lipinski definition) is 2. The number of carboxylic acid groups (broad SMARTS) is 1. The molecule has 1 heterocycles. The first-order valence-electron chi connectivity index (χ1n) is 12.0. The van der Waals surface area contributed by atoms with Gasteiger partial charge in [0.1, 0.15) is 12.4 Å². The molecule has 0 aliphatic carbocycles. The summed E-state index contributed by atoms with van der Waals surface area (Å²) in [6, 6.07) is 18.6. The van der Waals surface area contributed by atoms with Crippen LogP contribution in [0, 0.1) is 0 Å². The van der Waals surface area contributed by atoms with Crippen molar-refractivity contribution >= 4 is 25.4 Å². The molecular formula is C26H33N2O7P. The lowest BCUT2D eigenvalue weighted by molar-refractivity contribution is -0.152. The molecule has 1 saturated heterocycles. The number of Topliss-reactive ketones (excluding diaryl/α,β-unsaturated/α-hetero) is 1. The van der Waals surface area contributed by atoms with E-state index >= 15 is 0 Å². The van der Waals surface area contributed by atoms with E-state index in [1.54, 1.807) is 6.92 Å². The molecule has 0 aromatic heterocycles. The highest BCUT2D eigenvalue weighted by Crippen LogP contribution is 2.61. The molecule has 3 rings (SSSR count). The molecule has 1 aliphatic rings. The number of nitrogens with zero attached hydrogens (tertiary/aromatic N) is 1. The van der Waals surface area contributed by atoms with Crippen molar-refractivity contribution in [2.24, 2.45) is 0 Å². The highest BCUT2D eigenvalue weighted by molar-refractivity contribution is 7.57. The summed E-state index contributed by atoms with van der Waals surface area (Å²) in [5.41, 5.74) is -0.254. The van der Waals surface area contributed by atoms with Gasteiger partial charge < -0.3 is 19.7 Å². The second-order valence-corrected chi connectivity index (χ2v) is 11.2. The van der Waals surface area contributed by atoms with Crippen molar-refractivity contribution < 1.29 is 33.3 Å². The molecule has 0 spiro atoms. The van der Waals surface area contributed by atoms with Crippen LogP contribution in [0.2, 0.25) is 0 Å². The van der Waals surface area contributed by atoms with Crippen molar-refractivity contribution in [2.75, 3.05) is 13.2 Å². The van der Waals surface area contributed by atoms with Crippen LogP contribution < -0.4 is 5.32 Å². The quantitative estimate of drug-likeness (QED) is 0.310. The molecular weight excluding hydrogens is 483 g/mol. The SMILES string of the molecule is CCOP(=O)(C(CCc1ccccc1)NC(=O)OCc1ccccc1)N1CCC[C@@]1(C(C)=O)C(=O)O. The normalized spacial score (nSPS) is 20.3. The van der Waals surface area contributed by atoms with Crippen molar-refractivity contribution in [3.63, 3.8) is 0 Å². The van der Waals surface area contributed by atoms with Crippen LogP contribution in [0.5, 0.6) is 0 Å². The molecule has 10 heteroatoms. The summed E-state index contributed by atoms with van der Waals surface area (Å²) in [7, 11) is -4.07. The standard InChI is InChI=1S/C26H33N2O7P/c1-3-35-36(33,28-18-10-17-26(28,20(2)29)24(30)31)23(16-15-21-11-6-4-7-12-21)27-25(32)34-19-22-13-8-5-9-14-22/h4-9,11-14,23H,3,10,15-19H2,1-2H3,(H,27,32)(H,30,31)/t23?,26-,36?/m1/s1. The zero-order valence-electron chi connectivity index (χ0n) is 20.6. The first-order valence-corrected chi connectivity index (χ1v) is 13.7. The summed E-state index contributed by atoms with van der Waals surface area (Å²) in [5, 5.41) is 12.7. The lowest BCUT2D eigenvalue weighted by Gasteiger charge is -2.40. The fraction of sp³-hybridized carbons (Fsp3) is 0.423. The van der Waals surface area contributed by atoms with Gasteiger partial charge >= 0.3 is 12.1 Å². The Bertz CT molecular complexity index is 1080. The number of ketones is 1. The number of carbonyl (C=O) groups is 3. The van der Waals surface area contributed by atoms with Gasteiger partial charge in [0.05, 0.1) is 6.61 Å². The molecule has 1 aliphatic heterocycles. The molecule has 0 bridgehead atoms. The van der Waals surface area contributed by atoms with E-state index < -0.39 is 36.7 Å². The first-order chi connectivity index (χ1) is 17.2. The number of alkyl carbamates (subject to hydrolysis) is 1. The van der Waals surface area contributed by atoms with Gasteiger partial charge in [0.2, 0.25) is 0 Å². The molecule has 2 aromatic carbocycles. The van der Waals surface area contributed by atoms with Crippen LogP contribution in [0.4, 0.5) is 4.79 Å². The van der Waals surface area contributed by atoms with Crippen molar-refractivity contribution in [2.45, 2.75) is 57.5 Å².